The van der Waals surface area contributed by atoms with Gasteiger partial charge in [-0.15, -0.1) is 0 Å². The average Bonchev–Trinajstić information content (AvgIpc) is 2.73. The highest BCUT2D eigenvalue weighted by atomic mass is 35.5. The van der Waals surface area contributed by atoms with E-state index in [9.17, 15) is 0 Å². The van der Waals surface area contributed by atoms with Crippen LogP contribution in [-0.2, 0) is 13.2 Å². The average molecular weight is 474 g/mol. The zero-order chi connectivity index (χ0) is 21.9. The van der Waals surface area contributed by atoms with Gasteiger partial charge < -0.3 is 19.7 Å². The minimum atomic E-state index is 0.234. The fraction of sp³-hybridized carbons (Fsp3) is 0.478. The van der Waals surface area contributed by atoms with Crippen molar-refractivity contribution in [3.63, 3.8) is 0 Å². The first-order chi connectivity index (χ1) is 14.5. The molecule has 0 fully saturated rings. The highest BCUT2D eigenvalue weighted by molar-refractivity contribution is 6.36. The van der Waals surface area contributed by atoms with Crippen LogP contribution in [0.2, 0.25) is 15.1 Å². The highest BCUT2D eigenvalue weighted by Crippen LogP contribution is 2.35. The fourth-order valence-corrected chi connectivity index (χ4v) is 3.83. The Morgan fingerprint density at radius 1 is 0.900 bits per heavy atom. The third-order valence-electron chi connectivity index (χ3n) is 4.88. The van der Waals surface area contributed by atoms with E-state index in [0.717, 1.165) is 43.7 Å². The van der Waals surface area contributed by atoms with Gasteiger partial charge in [0.05, 0.1) is 6.61 Å². The van der Waals surface area contributed by atoms with Crippen molar-refractivity contribution in [1.29, 1.82) is 0 Å². The van der Waals surface area contributed by atoms with Crippen molar-refractivity contribution < 1.29 is 9.47 Å². The Kier molecular flexibility index (Phi) is 11.1. The summed E-state index contributed by atoms with van der Waals surface area (Å²) < 4.78 is 11.7. The lowest BCUT2D eigenvalue weighted by molar-refractivity contribution is 0.269. The number of ether oxygens (including phenoxy) is 2. The van der Waals surface area contributed by atoms with Gasteiger partial charge >= 0.3 is 0 Å². The largest absolute Gasteiger partial charge is 0.490 e. The van der Waals surface area contributed by atoms with Crippen LogP contribution in [0, 0.1) is 0 Å². The van der Waals surface area contributed by atoms with Gasteiger partial charge in [0, 0.05) is 33.2 Å². The van der Waals surface area contributed by atoms with E-state index in [2.05, 4.69) is 24.1 Å². The van der Waals surface area contributed by atoms with E-state index in [1.54, 1.807) is 24.3 Å². The molecule has 0 heterocycles. The molecule has 4 nitrogen and oxygen atoms in total. The molecule has 0 aliphatic rings. The summed E-state index contributed by atoms with van der Waals surface area (Å²) in [5.74, 6) is 1.23. The molecule has 2 aromatic carbocycles. The molecule has 0 unspecified atom stereocenters. The summed E-state index contributed by atoms with van der Waals surface area (Å²) in [6.07, 6.45) is 1.09. The standard InChI is InChI=1S/C23H31Cl3N2O2/c1-4-28(5-2)12-8-11-27-15-17-13-22(29-6-3)23(14-21(17)26)30-16-18-19(24)9-7-10-20(18)25/h7,9-10,13-14,27H,4-6,8,11-12,15-16H2,1-3H3. The number of rotatable bonds is 13. The number of benzene rings is 2. The van der Waals surface area contributed by atoms with Gasteiger partial charge in [0.15, 0.2) is 11.5 Å². The van der Waals surface area contributed by atoms with Crippen LogP contribution in [0.25, 0.3) is 0 Å². The van der Waals surface area contributed by atoms with Crippen LogP contribution in [-0.4, -0.2) is 37.7 Å². The molecule has 0 saturated carbocycles. The summed E-state index contributed by atoms with van der Waals surface area (Å²) in [6, 6.07) is 9.12. The second-order valence-corrected chi connectivity index (χ2v) is 8.09. The molecule has 0 aliphatic heterocycles. The molecule has 0 saturated heterocycles. The van der Waals surface area contributed by atoms with E-state index < -0.39 is 0 Å². The zero-order valence-electron chi connectivity index (χ0n) is 17.9. The lowest BCUT2D eigenvalue weighted by Crippen LogP contribution is -2.27. The summed E-state index contributed by atoms with van der Waals surface area (Å²) in [5, 5.41) is 5.23. The van der Waals surface area contributed by atoms with Crippen molar-refractivity contribution >= 4 is 34.8 Å². The maximum absolute atomic E-state index is 6.52. The van der Waals surface area contributed by atoms with Crippen molar-refractivity contribution in [2.45, 2.75) is 40.3 Å². The Morgan fingerprint density at radius 3 is 2.20 bits per heavy atom. The number of hydrogen-bond acceptors (Lipinski definition) is 4. The van der Waals surface area contributed by atoms with Crippen molar-refractivity contribution in [2.75, 3.05) is 32.8 Å². The molecule has 0 bridgehead atoms. The normalized spacial score (nSPS) is 11.2. The third-order valence-corrected chi connectivity index (χ3v) is 5.94. The van der Waals surface area contributed by atoms with E-state index in [1.165, 1.54) is 0 Å². The first kappa shape index (κ1) is 25.1. The molecule has 7 heteroatoms. The molecule has 0 amide bonds. The van der Waals surface area contributed by atoms with Gasteiger partial charge in [0.2, 0.25) is 0 Å². The maximum atomic E-state index is 6.52. The van der Waals surface area contributed by atoms with Crippen LogP contribution in [0.1, 0.15) is 38.3 Å². The molecule has 166 valence electrons. The second kappa shape index (κ2) is 13.3. The summed E-state index contributed by atoms with van der Waals surface area (Å²) in [7, 11) is 0. The minimum absolute atomic E-state index is 0.234. The molecule has 2 rings (SSSR count). The number of hydrogen-bond donors (Lipinski definition) is 1. The van der Waals surface area contributed by atoms with E-state index >= 15 is 0 Å². The van der Waals surface area contributed by atoms with Gasteiger partial charge in [0.1, 0.15) is 6.61 Å². The highest BCUT2D eigenvalue weighted by Gasteiger charge is 2.13. The third kappa shape index (κ3) is 7.51. The number of nitrogens with one attached hydrogen (secondary N) is 1. The molecule has 0 aliphatic carbocycles. The van der Waals surface area contributed by atoms with Crippen LogP contribution < -0.4 is 14.8 Å². The molecule has 1 N–H and O–H groups in total. The number of halogens is 3. The van der Waals surface area contributed by atoms with E-state index in [0.29, 0.717) is 39.7 Å². The number of nitrogens with zero attached hydrogens (tertiary/aromatic N) is 1. The smallest absolute Gasteiger partial charge is 0.163 e. The summed E-state index contributed by atoms with van der Waals surface area (Å²) in [4.78, 5) is 2.42. The Morgan fingerprint density at radius 2 is 1.57 bits per heavy atom. The zero-order valence-corrected chi connectivity index (χ0v) is 20.2. The maximum Gasteiger partial charge on any atom is 0.163 e. The fourth-order valence-electron chi connectivity index (χ4n) is 3.10. The lowest BCUT2D eigenvalue weighted by Gasteiger charge is -2.18. The predicted molar refractivity (Wildman–Crippen MR) is 128 cm³/mol. The Labute approximate surface area is 195 Å². The Balaban J connectivity index is 2.00. The van der Waals surface area contributed by atoms with Crippen LogP contribution in [0.15, 0.2) is 30.3 Å². The van der Waals surface area contributed by atoms with Crippen molar-refractivity contribution in [1.82, 2.24) is 10.2 Å². The molecule has 0 aromatic heterocycles. The first-order valence-corrected chi connectivity index (χ1v) is 11.6. The monoisotopic (exact) mass is 472 g/mol. The quantitative estimate of drug-likeness (QED) is 0.339. The van der Waals surface area contributed by atoms with Crippen molar-refractivity contribution in [2.24, 2.45) is 0 Å². The van der Waals surface area contributed by atoms with Gasteiger partial charge in [-0.3, -0.25) is 0 Å². The van der Waals surface area contributed by atoms with Crippen LogP contribution in [0.5, 0.6) is 11.5 Å². The molecular weight excluding hydrogens is 443 g/mol. The lowest BCUT2D eigenvalue weighted by atomic mass is 10.2. The van der Waals surface area contributed by atoms with Gasteiger partial charge in [-0.2, -0.15) is 0 Å². The predicted octanol–water partition coefficient (Wildman–Crippen LogP) is 6.45. The van der Waals surface area contributed by atoms with E-state index in [1.807, 2.05) is 13.0 Å². The molecule has 2 aromatic rings. The van der Waals surface area contributed by atoms with E-state index in [4.69, 9.17) is 44.3 Å². The van der Waals surface area contributed by atoms with Gasteiger partial charge in [0.25, 0.3) is 0 Å². The van der Waals surface area contributed by atoms with Gasteiger partial charge in [-0.1, -0.05) is 54.7 Å². The van der Waals surface area contributed by atoms with E-state index in [-0.39, 0.29) is 6.61 Å². The molecule has 0 atom stereocenters. The molecule has 30 heavy (non-hydrogen) atoms. The first-order valence-electron chi connectivity index (χ1n) is 10.4. The Bertz CT molecular complexity index is 778. The van der Waals surface area contributed by atoms with Crippen LogP contribution in [0.3, 0.4) is 0 Å². The topological polar surface area (TPSA) is 33.7 Å². The summed E-state index contributed by atoms with van der Waals surface area (Å²) >= 11 is 19.0. The SMILES string of the molecule is CCOc1cc(CNCCCN(CC)CC)c(Cl)cc1OCc1c(Cl)cccc1Cl. The van der Waals surface area contributed by atoms with Gasteiger partial charge in [-0.25, -0.2) is 0 Å². The summed E-state index contributed by atoms with van der Waals surface area (Å²) in [6.45, 7) is 11.9. The molecular formula is C23H31Cl3N2O2. The molecule has 0 spiro atoms. The summed E-state index contributed by atoms with van der Waals surface area (Å²) in [5.41, 5.74) is 1.71. The van der Waals surface area contributed by atoms with Crippen LogP contribution >= 0.6 is 34.8 Å². The molecule has 0 radical (unpaired) electrons. The minimum Gasteiger partial charge on any atom is -0.490 e. The van der Waals surface area contributed by atoms with Crippen molar-refractivity contribution in [3.05, 3.63) is 56.5 Å². The second-order valence-electron chi connectivity index (χ2n) is 6.87. The van der Waals surface area contributed by atoms with Crippen molar-refractivity contribution in [3.8, 4) is 11.5 Å². The van der Waals surface area contributed by atoms with Gasteiger partial charge in [-0.05, 0) is 63.3 Å². The Hall–Kier alpha value is -1.17. The van der Waals surface area contributed by atoms with Crippen LogP contribution in [0.4, 0.5) is 0 Å².